The summed E-state index contributed by atoms with van der Waals surface area (Å²) in [4.78, 5) is 4.00. The van der Waals surface area contributed by atoms with Crippen LogP contribution in [-0.2, 0) is 5.54 Å². The predicted molar refractivity (Wildman–Crippen MR) is 48.1 cm³/mol. The number of rotatable bonds is 1. The number of aromatic nitrogens is 3. The van der Waals surface area contributed by atoms with Crippen LogP contribution in [0.2, 0.25) is 0 Å². The van der Waals surface area contributed by atoms with Crippen LogP contribution < -0.4 is 5.73 Å². The molecule has 3 rings (SSSR count). The van der Waals surface area contributed by atoms with Crippen molar-refractivity contribution in [2.75, 3.05) is 0 Å². The van der Waals surface area contributed by atoms with Crippen molar-refractivity contribution >= 4 is 5.52 Å². The molecule has 0 spiro atoms. The standard InChI is InChI=1S/C9H10N4/c10-9(2-3-9)7-1-4-13-8(7)5-11-6-12-13/h1,4-6H,2-3,10H2. The number of fused-ring (bicyclic) bond motifs is 1. The van der Waals surface area contributed by atoms with Gasteiger partial charge in [-0.25, -0.2) is 9.50 Å². The minimum Gasteiger partial charge on any atom is -0.321 e. The van der Waals surface area contributed by atoms with Gasteiger partial charge in [0.2, 0.25) is 0 Å². The Morgan fingerprint density at radius 3 is 3.08 bits per heavy atom. The first-order chi connectivity index (χ1) is 6.30. The Labute approximate surface area is 75.4 Å². The second-order valence-corrected chi connectivity index (χ2v) is 3.62. The van der Waals surface area contributed by atoms with Gasteiger partial charge in [0.15, 0.2) is 0 Å². The first kappa shape index (κ1) is 7.03. The lowest BCUT2D eigenvalue weighted by Gasteiger charge is -2.05. The van der Waals surface area contributed by atoms with E-state index in [1.165, 1.54) is 11.9 Å². The van der Waals surface area contributed by atoms with E-state index in [1.54, 1.807) is 0 Å². The van der Waals surface area contributed by atoms with Crippen LogP contribution in [0.1, 0.15) is 18.4 Å². The van der Waals surface area contributed by atoms with Crippen molar-refractivity contribution in [2.24, 2.45) is 5.73 Å². The van der Waals surface area contributed by atoms with Gasteiger partial charge in [-0.1, -0.05) is 0 Å². The molecule has 0 bridgehead atoms. The van der Waals surface area contributed by atoms with Crippen LogP contribution in [0.25, 0.3) is 5.52 Å². The Morgan fingerprint density at radius 1 is 1.46 bits per heavy atom. The molecule has 0 amide bonds. The molecular weight excluding hydrogens is 164 g/mol. The van der Waals surface area contributed by atoms with Gasteiger partial charge in [-0.05, 0) is 18.9 Å². The van der Waals surface area contributed by atoms with Gasteiger partial charge in [0.1, 0.15) is 6.33 Å². The highest BCUT2D eigenvalue weighted by molar-refractivity contribution is 5.57. The Balaban J connectivity index is 2.30. The molecule has 1 aliphatic rings. The smallest absolute Gasteiger partial charge is 0.136 e. The first-order valence-electron chi connectivity index (χ1n) is 4.36. The molecule has 0 saturated heterocycles. The number of hydrogen-bond donors (Lipinski definition) is 1. The van der Waals surface area contributed by atoms with Crippen molar-refractivity contribution in [3.05, 3.63) is 30.4 Å². The molecule has 1 aliphatic carbocycles. The van der Waals surface area contributed by atoms with E-state index in [-0.39, 0.29) is 5.54 Å². The Morgan fingerprint density at radius 2 is 2.31 bits per heavy atom. The van der Waals surface area contributed by atoms with Gasteiger partial charge in [0.25, 0.3) is 0 Å². The third kappa shape index (κ3) is 0.890. The summed E-state index contributed by atoms with van der Waals surface area (Å²) in [5.41, 5.74) is 8.22. The fraction of sp³-hybridized carbons (Fsp3) is 0.333. The summed E-state index contributed by atoms with van der Waals surface area (Å²) in [6.07, 6.45) is 7.42. The largest absolute Gasteiger partial charge is 0.321 e. The summed E-state index contributed by atoms with van der Waals surface area (Å²) < 4.78 is 1.81. The number of hydrogen-bond acceptors (Lipinski definition) is 3. The molecule has 1 fully saturated rings. The highest BCUT2D eigenvalue weighted by atomic mass is 15.2. The highest BCUT2D eigenvalue weighted by Crippen LogP contribution is 2.44. The predicted octanol–water partition coefficient (Wildman–Crippen LogP) is 0.677. The number of nitrogens with zero attached hydrogens (tertiary/aromatic N) is 3. The van der Waals surface area contributed by atoms with Gasteiger partial charge in [0.05, 0.1) is 11.7 Å². The van der Waals surface area contributed by atoms with Crippen molar-refractivity contribution in [3.8, 4) is 0 Å². The molecule has 2 aromatic heterocycles. The molecule has 2 heterocycles. The van der Waals surface area contributed by atoms with Crippen LogP contribution >= 0.6 is 0 Å². The summed E-state index contributed by atoms with van der Waals surface area (Å²) in [5.74, 6) is 0. The Bertz CT molecular complexity index is 455. The summed E-state index contributed by atoms with van der Waals surface area (Å²) in [6, 6.07) is 2.04. The maximum Gasteiger partial charge on any atom is 0.136 e. The quantitative estimate of drug-likeness (QED) is 0.691. The molecule has 4 heteroatoms. The van der Waals surface area contributed by atoms with Gasteiger partial charge in [-0.15, -0.1) is 0 Å². The normalized spacial score (nSPS) is 19.2. The van der Waals surface area contributed by atoms with Crippen LogP contribution in [0.15, 0.2) is 24.8 Å². The molecular formula is C9H10N4. The Kier molecular flexibility index (Phi) is 1.13. The van der Waals surface area contributed by atoms with Crippen LogP contribution in [0.5, 0.6) is 0 Å². The van der Waals surface area contributed by atoms with E-state index >= 15 is 0 Å². The van der Waals surface area contributed by atoms with Gasteiger partial charge in [-0.3, -0.25) is 0 Å². The lowest BCUT2D eigenvalue weighted by atomic mass is 10.1. The van der Waals surface area contributed by atoms with E-state index in [4.69, 9.17) is 5.73 Å². The maximum absolute atomic E-state index is 6.11. The molecule has 0 radical (unpaired) electrons. The van der Waals surface area contributed by atoms with E-state index < -0.39 is 0 Å². The van der Waals surface area contributed by atoms with E-state index in [2.05, 4.69) is 10.1 Å². The average Bonchev–Trinajstić information content (AvgIpc) is 2.76. The van der Waals surface area contributed by atoms with Crippen LogP contribution in [0.3, 0.4) is 0 Å². The summed E-state index contributed by atoms with van der Waals surface area (Å²) in [6.45, 7) is 0. The average molecular weight is 174 g/mol. The molecule has 0 aliphatic heterocycles. The summed E-state index contributed by atoms with van der Waals surface area (Å²) in [5, 5.41) is 4.09. The molecule has 2 aromatic rings. The number of nitrogens with two attached hydrogens (primary N) is 1. The lowest BCUT2D eigenvalue weighted by Crippen LogP contribution is -2.18. The highest BCUT2D eigenvalue weighted by Gasteiger charge is 2.41. The zero-order chi connectivity index (χ0) is 8.89. The zero-order valence-corrected chi connectivity index (χ0v) is 7.14. The molecule has 13 heavy (non-hydrogen) atoms. The second-order valence-electron chi connectivity index (χ2n) is 3.62. The molecule has 0 aromatic carbocycles. The molecule has 0 atom stereocenters. The fourth-order valence-electron chi connectivity index (χ4n) is 1.68. The van der Waals surface area contributed by atoms with Gasteiger partial charge in [-0.2, -0.15) is 5.10 Å². The monoisotopic (exact) mass is 174 g/mol. The zero-order valence-electron chi connectivity index (χ0n) is 7.14. The minimum absolute atomic E-state index is 0.0978. The van der Waals surface area contributed by atoms with Gasteiger partial charge in [0, 0.05) is 17.3 Å². The third-order valence-electron chi connectivity index (χ3n) is 2.67. The van der Waals surface area contributed by atoms with E-state index in [1.807, 2.05) is 23.0 Å². The van der Waals surface area contributed by atoms with E-state index in [0.717, 1.165) is 18.4 Å². The summed E-state index contributed by atoms with van der Waals surface area (Å²) in [7, 11) is 0. The topological polar surface area (TPSA) is 56.2 Å². The second kappa shape index (κ2) is 2.09. The van der Waals surface area contributed by atoms with Crippen molar-refractivity contribution in [1.82, 2.24) is 14.6 Å². The molecule has 4 nitrogen and oxygen atoms in total. The minimum atomic E-state index is -0.0978. The van der Waals surface area contributed by atoms with Gasteiger partial charge >= 0.3 is 0 Å². The maximum atomic E-state index is 6.11. The van der Waals surface area contributed by atoms with E-state index in [9.17, 15) is 0 Å². The van der Waals surface area contributed by atoms with Crippen molar-refractivity contribution in [1.29, 1.82) is 0 Å². The first-order valence-corrected chi connectivity index (χ1v) is 4.36. The molecule has 66 valence electrons. The lowest BCUT2D eigenvalue weighted by molar-refractivity contribution is 0.745. The third-order valence-corrected chi connectivity index (χ3v) is 2.67. The van der Waals surface area contributed by atoms with Crippen LogP contribution in [-0.4, -0.2) is 14.6 Å². The molecule has 1 saturated carbocycles. The van der Waals surface area contributed by atoms with Crippen molar-refractivity contribution in [2.45, 2.75) is 18.4 Å². The molecule has 2 N–H and O–H groups in total. The van der Waals surface area contributed by atoms with Crippen molar-refractivity contribution < 1.29 is 0 Å². The van der Waals surface area contributed by atoms with Gasteiger partial charge < -0.3 is 5.73 Å². The van der Waals surface area contributed by atoms with Crippen LogP contribution in [0, 0.1) is 0 Å². The molecule has 0 unspecified atom stereocenters. The van der Waals surface area contributed by atoms with Crippen LogP contribution in [0.4, 0.5) is 0 Å². The Hall–Kier alpha value is -1.42. The SMILES string of the molecule is NC1(c2ccn3ncncc23)CC1. The fourth-order valence-corrected chi connectivity index (χ4v) is 1.68. The summed E-state index contributed by atoms with van der Waals surface area (Å²) >= 11 is 0. The van der Waals surface area contributed by atoms with E-state index in [0.29, 0.717) is 0 Å². The van der Waals surface area contributed by atoms with Crippen molar-refractivity contribution in [3.63, 3.8) is 0 Å².